The van der Waals surface area contributed by atoms with E-state index >= 15 is 0 Å². The van der Waals surface area contributed by atoms with E-state index < -0.39 is 11.7 Å². The first kappa shape index (κ1) is 15.8. The zero-order valence-electron chi connectivity index (χ0n) is 11.8. The van der Waals surface area contributed by atoms with Crippen molar-refractivity contribution in [3.05, 3.63) is 35.4 Å². The lowest BCUT2D eigenvalue weighted by Crippen LogP contribution is -2.34. The van der Waals surface area contributed by atoms with Crippen LogP contribution in [0.5, 0.6) is 0 Å². The number of alkyl halides is 3. The maximum Gasteiger partial charge on any atom is 0.416 e. The van der Waals surface area contributed by atoms with E-state index in [1.54, 1.807) is 11.9 Å². The second-order valence-corrected chi connectivity index (χ2v) is 5.32. The van der Waals surface area contributed by atoms with Crippen LogP contribution in [0.3, 0.4) is 0 Å². The van der Waals surface area contributed by atoms with Crippen LogP contribution >= 0.6 is 0 Å². The van der Waals surface area contributed by atoms with E-state index in [9.17, 15) is 18.0 Å². The molecule has 0 bridgehead atoms. The summed E-state index contributed by atoms with van der Waals surface area (Å²) in [4.78, 5) is 13.8. The summed E-state index contributed by atoms with van der Waals surface area (Å²) in [6.45, 7) is 2.00. The average molecular weight is 301 g/mol. The monoisotopic (exact) mass is 301 g/mol. The highest BCUT2D eigenvalue weighted by atomic mass is 19.4. The van der Waals surface area contributed by atoms with Crippen molar-refractivity contribution >= 4 is 5.91 Å². The fraction of sp³-hybridized carbons (Fsp3) is 0.533. The molecule has 0 unspecified atom stereocenters. The Balaban J connectivity index is 1.98. The van der Waals surface area contributed by atoms with E-state index in [-0.39, 0.29) is 11.5 Å². The summed E-state index contributed by atoms with van der Waals surface area (Å²) in [6.07, 6.45) is -2.56. The number of hydrogen-bond donors (Lipinski definition) is 0. The molecule has 0 radical (unpaired) electrons. The molecule has 21 heavy (non-hydrogen) atoms. The summed E-state index contributed by atoms with van der Waals surface area (Å²) >= 11 is 0. The van der Waals surface area contributed by atoms with Gasteiger partial charge in [-0.1, -0.05) is 0 Å². The molecule has 1 aliphatic heterocycles. The molecular weight excluding hydrogens is 283 g/mol. The third-order valence-corrected chi connectivity index (χ3v) is 3.68. The molecule has 1 amide bonds. The first-order chi connectivity index (χ1) is 9.88. The van der Waals surface area contributed by atoms with Crippen LogP contribution < -0.4 is 0 Å². The molecule has 1 aliphatic rings. The van der Waals surface area contributed by atoms with Gasteiger partial charge >= 0.3 is 6.18 Å². The number of nitrogens with zero attached hydrogens (tertiary/aromatic N) is 1. The minimum Gasteiger partial charge on any atom is -0.381 e. The summed E-state index contributed by atoms with van der Waals surface area (Å²) in [7, 11) is 1.68. The highest BCUT2D eigenvalue weighted by molar-refractivity contribution is 5.94. The van der Waals surface area contributed by atoms with Crippen molar-refractivity contribution in [2.24, 2.45) is 5.92 Å². The quantitative estimate of drug-likeness (QED) is 0.858. The molecule has 0 aromatic heterocycles. The molecule has 0 saturated carbocycles. The van der Waals surface area contributed by atoms with E-state index in [2.05, 4.69) is 0 Å². The fourth-order valence-corrected chi connectivity index (χ4v) is 2.42. The van der Waals surface area contributed by atoms with Crippen LogP contribution in [0.1, 0.15) is 28.8 Å². The van der Waals surface area contributed by atoms with Crippen LogP contribution in [0.25, 0.3) is 0 Å². The lowest BCUT2D eigenvalue weighted by molar-refractivity contribution is -0.137. The Kier molecular flexibility index (Phi) is 4.88. The number of hydrogen-bond acceptors (Lipinski definition) is 2. The van der Waals surface area contributed by atoms with Gasteiger partial charge in [0, 0.05) is 32.4 Å². The van der Waals surface area contributed by atoms with Crippen LogP contribution in [0.4, 0.5) is 13.2 Å². The highest BCUT2D eigenvalue weighted by Crippen LogP contribution is 2.29. The van der Waals surface area contributed by atoms with Crippen molar-refractivity contribution in [1.82, 2.24) is 4.90 Å². The fourth-order valence-electron chi connectivity index (χ4n) is 2.42. The Morgan fingerprint density at radius 3 is 2.33 bits per heavy atom. The largest absolute Gasteiger partial charge is 0.416 e. The number of amides is 1. The number of ether oxygens (including phenoxy) is 1. The number of carbonyl (C=O) groups excluding carboxylic acids is 1. The Bertz CT molecular complexity index is 479. The molecule has 1 heterocycles. The standard InChI is InChI=1S/C15H18F3NO2/c1-19(10-11-6-8-21-9-7-11)14(20)12-2-4-13(5-3-12)15(16,17)18/h2-5,11H,6-10H2,1H3. The van der Waals surface area contributed by atoms with Gasteiger partial charge in [-0.3, -0.25) is 4.79 Å². The summed E-state index contributed by atoms with van der Waals surface area (Å²) in [5.74, 6) is 0.136. The minimum absolute atomic E-state index is 0.254. The van der Waals surface area contributed by atoms with Gasteiger partial charge in [0.05, 0.1) is 5.56 Å². The van der Waals surface area contributed by atoms with Gasteiger partial charge in [-0.05, 0) is 43.0 Å². The Labute approximate surface area is 121 Å². The number of carbonyl (C=O) groups is 1. The smallest absolute Gasteiger partial charge is 0.381 e. The Hall–Kier alpha value is -1.56. The molecular formula is C15H18F3NO2. The SMILES string of the molecule is CN(CC1CCOCC1)C(=O)c1ccc(C(F)(F)F)cc1. The Morgan fingerprint density at radius 2 is 1.81 bits per heavy atom. The van der Waals surface area contributed by atoms with Gasteiger partial charge in [-0.25, -0.2) is 0 Å². The first-order valence-corrected chi connectivity index (χ1v) is 6.88. The van der Waals surface area contributed by atoms with Crippen LogP contribution in [0.2, 0.25) is 0 Å². The van der Waals surface area contributed by atoms with E-state index in [1.165, 1.54) is 12.1 Å². The van der Waals surface area contributed by atoms with Gasteiger partial charge in [-0.2, -0.15) is 13.2 Å². The van der Waals surface area contributed by atoms with Crippen LogP contribution in [0, 0.1) is 5.92 Å². The molecule has 1 fully saturated rings. The summed E-state index contributed by atoms with van der Waals surface area (Å²) in [5.41, 5.74) is -0.469. The minimum atomic E-state index is -4.38. The van der Waals surface area contributed by atoms with Gasteiger partial charge in [-0.15, -0.1) is 0 Å². The van der Waals surface area contributed by atoms with Crippen molar-refractivity contribution < 1.29 is 22.7 Å². The number of halogens is 3. The highest BCUT2D eigenvalue weighted by Gasteiger charge is 2.30. The van der Waals surface area contributed by atoms with E-state index in [0.717, 1.165) is 25.0 Å². The normalized spacial score (nSPS) is 16.8. The molecule has 1 aromatic rings. The zero-order chi connectivity index (χ0) is 15.5. The van der Waals surface area contributed by atoms with Crippen LogP contribution in [-0.2, 0) is 10.9 Å². The third kappa shape index (κ3) is 4.20. The van der Waals surface area contributed by atoms with Gasteiger partial charge < -0.3 is 9.64 Å². The second-order valence-electron chi connectivity index (χ2n) is 5.32. The van der Waals surface area contributed by atoms with Gasteiger partial charge in [0.2, 0.25) is 0 Å². The van der Waals surface area contributed by atoms with Crippen LogP contribution in [-0.4, -0.2) is 37.6 Å². The third-order valence-electron chi connectivity index (χ3n) is 3.68. The van der Waals surface area contributed by atoms with Crippen molar-refractivity contribution in [3.63, 3.8) is 0 Å². The zero-order valence-corrected chi connectivity index (χ0v) is 11.8. The average Bonchev–Trinajstić information content (AvgIpc) is 2.46. The van der Waals surface area contributed by atoms with E-state index in [4.69, 9.17) is 4.74 Å². The van der Waals surface area contributed by atoms with Gasteiger partial charge in [0.1, 0.15) is 0 Å². The molecule has 3 nitrogen and oxygen atoms in total. The van der Waals surface area contributed by atoms with Gasteiger partial charge in [0.15, 0.2) is 0 Å². The van der Waals surface area contributed by atoms with Crippen molar-refractivity contribution in [2.45, 2.75) is 19.0 Å². The molecule has 0 spiro atoms. The first-order valence-electron chi connectivity index (χ1n) is 6.88. The summed E-state index contributed by atoms with van der Waals surface area (Å²) < 4.78 is 42.7. The maximum atomic E-state index is 12.5. The van der Waals surface area contributed by atoms with Gasteiger partial charge in [0.25, 0.3) is 5.91 Å². The second kappa shape index (κ2) is 6.47. The Morgan fingerprint density at radius 1 is 1.24 bits per heavy atom. The molecule has 6 heteroatoms. The van der Waals surface area contributed by atoms with E-state index in [0.29, 0.717) is 25.7 Å². The predicted molar refractivity (Wildman–Crippen MR) is 71.9 cm³/mol. The molecule has 0 atom stereocenters. The molecule has 1 aromatic carbocycles. The molecule has 2 rings (SSSR count). The van der Waals surface area contributed by atoms with E-state index in [1.807, 2.05) is 0 Å². The summed E-state index contributed by atoms with van der Waals surface area (Å²) in [6, 6.07) is 4.34. The molecule has 116 valence electrons. The number of rotatable bonds is 3. The van der Waals surface area contributed by atoms with Crippen molar-refractivity contribution in [3.8, 4) is 0 Å². The lowest BCUT2D eigenvalue weighted by Gasteiger charge is -2.27. The maximum absolute atomic E-state index is 12.5. The van der Waals surface area contributed by atoms with Crippen molar-refractivity contribution in [2.75, 3.05) is 26.8 Å². The predicted octanol–water partition coefficient (Wildman–Crippen LogP) is 3.20. The molecule has 0 aliphatic carbocycles. The number of benzene rings is 1. The molecule has 0 N–H and O–H groups in total. The summed E-state index contributed by atoms with van der Waals surface area (Å²) in [5, 5.41) is 0. The molecule has 1 saturated heterocycles. The lowest BCUT2D eigenvalue weighted by atomic mass is 9.99. The van der Waals surface area contributed by atoms with Crippen LogP contribution in [0.15, 0.2) is 24.3 Å². The van der Waals surface area contributed by atoms with Crippen molar-refractivity contribution in [1.29, 1.82) is 0 Å². The topological polar surface area (TPSA) is 29.5 Å².